The van der Waals surface area contributed by atoms with Crippen molar-refractivity contribution in [2.24, 2.45) is 0 Å². The van der Waals surface area contributed by atoms with E-state index < -0.39 is 6.10 Å². The summed E-state index contributed by atoms with van der Waals surface area (Å²) in [5.74, 6) is 1.21. The second kappa shape index (κ2) is 2.81. The minimum Gasteiger partial charge on any atom is -0.454 e. The zero-order valence-electron chi connectivity index (χ0n) is 7.28. The lowest BCUT2D eigenvalue weighted by Gasteiger charge is -2.11. The van der Waals surface area contributed by atoms with E-state index in [0.29, 0.717) is 22.7 Å². The molecule has 1 unspecified atom stereocenters. The number of hydrogen-bond acceptors (Lipinski definition) is 4. The van der Waals surface area contributed by atoms with Gasteiger partial charge in [0.15, 0.2) is 11.5 Å². The second-order valence-electron chi connectivity index (χ2n) is 2.98. The summed E-state index contributed by atoms with van der Waals surface area (Å²) in [5, 5.41) is 9.45. The van der Waals surface area contributed by atoms with E-state index in [2.05, 4.69) is 0 Å². The fourth-order valence-electron chi connectivity index (χ4n) is 1.44. The van der Waals surface area contributed by atoms with E-state index in [1.54, 1.807) is 19.1 Å². The third-order valence-electron chi connectivity index (χ3n) is 2.03. The molecule has 2 rings (SSSR count). The molecule has 0 radical (unpaired) electrons. The standard InChI is InChI=1S/C9H11NO3/c1-5(11)8-6(10)2-3-7-9(8)13-4-12-7/h2-3,5,11H,4,10H2,1H3. The summed E-state index contributed by atoms with van der Waals surface area (Å²) in [7, 11) is 0. The number of anilines is 1. The van der Waals surface area contributed by atoms with Crippen molar-refractivity contribution in [1.82, 2.24) is 0 Å². The van der Waals surface area contributed by atoms with E-state index >= 15 is 0 Å². The van der Waals surface area contributed by atoms with Gasteiger partial charge in [0.1, 0.15) is 0 Å². The number of nitrogens with two attached hydrogens (primary N) is 1. The van der Waals surface area contributed by atoms with Gasteiger partial charge in [0.25, 0.3) is 0 Å². The molecule has 0 aliphatic carbocycles. The lowest BCUT2D eigenvalue weighted by molar-refractivity contribution is 0.164. The lowest BCUT2D eigenvalue weighted by atomic mass is 10.1. The molecule has 0 fully saturated rings. The molecule has 1 aliphatic rings. The average Bonchev–Trinajstić information content (AvgIpc) is 2.50. The summed E-state index contributed by atoms with van der Waals surface area (Å²) < 4.78 is 10.4. The van der Waals surface area contributed by atoms with Crippen LogP contribution in [0, 0.1) is 0 Å². The number of rotatable bonds is 1. The molecule has 0 aromatic heterocycles. The molecule has 1 heterocycles. The van der Waals surface area contributed by atoms with Crippen molar-refractivity contribution in [3.8, 4) is 11.5 Å². The topological polar surface area (TPSA) is 64.7 Å². The SMILES string of the molecule is CC(O)c1c(N)ccc2c1OCO2. The average molecular weight is 181 g/mol. The van der Waals surface area contributed by atoms with Crippen LogP contribution in [0.3, 0.4) is 0 Å². The summed E-state index contributed by atoms with van der Waals surface area (Å²) in [6.45, 7) is 1.84. The molecule has 1 aromatic rings. The smallest absolute Gasteiger partial charge is 0.231 e. The van der Waals surface area contributed by atoms with Crippen LogP contribution >= 0.6 is 0 Å². The van der Waals surface area contributed by atoms with Crippen molar-refractivity contribution in [2.45, 2.75) is 13.0 Å². The molecule has 0 saturated carbocycles. The maximum absolute atomic E-state index is 9.45. The van der Waals surface area contributed by atoms with Crippen LogP contribution in [0.2, 0.25) is 0 Å². The van der Waals surface area contributed by atoms with Crippen LogP contribution in [-0.2, 0) is 0 Å². The van der Waals surface area contributed by atoms with Gasteiger partial charge in [0.05, 0.1) is 6.10 Å². The normalized spacial score (nSPS) is 15.8. The van der Waals surface area contributed by atoms with Gasteiger partial charge in [-0.25, -0.2) is 0 Å². The Morgan fingerprint density at radius 3 is 2.92 bits per heavy atom. The Bertz CT molecular complexity index is 336. The fourth-order valence-corrected chi connectivity index (χ4v) is 1.44. The zero-order valence-corrected chi connectivity index (χ0v) is 7.28. The first kappa shape index (κ1) is 8.19. The Balaban J connectivity index is 2.58. The summed E-state index contributed by atoms with van der Waals surface area (Å²) >= 11 is 0. The third kappa shape index (κ3) is 1.19. The van der Waals surface area contributed by atoms with E-state index in [1.165, 1.54) is 0 Å². The van der Waals surface area contributed by atoms with E-state index in [9.17, 15) is 5.11 Å². The quantitative estimate of drug-likeness (QED) is 0.635. The van der Waals surface area contributed by atoms with Gasteiger partial charge in [-0.1, -0.05) is 0 Å². The zero-order chi connectivity index (χ0) is 9.42. The second-order valence-corrected chi connectivity index (χ2v) is 2.98. The minimum absolute atomic E-state index is 0.193. The number of aliphatic hydroxyl groups is 1. The van der Waals surface area contributed by atoms with E-state index in [0.717, 1.165) is 0 Å². The van der Waals surface area contributed by atoms with Crippen molar-refractivity contribution in [1.29, 1.82) is 0 Å². The van der Waals surface area contributed by atoms with Crippen LogP contribution in [0.15, 0.2) is 12.1 Å². The fraction of sp³-hybridized carbons (Fsp3) is 0.333. The summed E-state index contributed by atoms with van der Waals surface area (Å²) in [6.07, 6.45) is -0.642. The van der Waals surface area contributed by atoms with E-state index in [-0.39, 0.29) is 6.79 Å². The largest absolute Gasteiger partial charge is 0.454 e. The Kier molecular flexibility index (Phi) is 1.77. The highest BCUT2D eigenvalue weighted by Crippen LogP contribution is 2.41. The number of nitrogen functional groups attached to an aromatic ring is 1. The third-order valence-corrected chi connectivity index (χ3v) is 2.03. The Morgan fingerprint density at radius 1 is 1.46 bits per heavy atom. The van der Waals surface area contributed by atoms with Crippen LogP contribution in [0.4, 0.5) is 5.69 Å². The maximum Gasteiger partial charge on any atom is 0.231 e. The predicted octanol–water partition coefficient (Wildman–Crippen LogP) is 1.05. The summed E-state index contributed by atoms with van der Waals surface area (Å²) in [6, 6.07) is 3.44. The molecular formula is C9H11NO3. The molecule has 3 N–H and O–H groups in total. The van der Waals surface area contributed by atoms with Gasteiger partial charge in [0, 0.05) is 11.3 Å². The monoisotopic (exact) mass is 181 g/mol. The Morgan fingerprint density at radius 2 is 2.23 bits per heavy atom. The minimum atomic E-state index is -0.642. The van der Waals surface area contributed by atoms with Gasteiger partial charge in [-0.05, 0) is 19.1 Å². The highest BCUT2D eigenvalue weighted by atomic mass is 16.7. The molecule has 70 valence electrons. The van der Waals surface area contributed by atoms with Crippen molar-refractivity contribution >= 4 is 5.69 Å². The Labute approximate surface area is 75.9 Å². The first-order valence-corrected chi connectivity index (χ1v) is 4.06. The molecular weight excluding hydrogens is 170 g/mol. The predicted molar refractivity (Wildman–Crippen MR) is 47.6 cm³/mol. The van der Waals surface area contributed by atoms with Crippen molar-refractivity contribution < 1.29 is 14.6 Å². The van der Waals surface area contributed by atoms with Crippen LogP contribution in [0.1, 0.15) is 18.6 Å². The van der Waals surface area contributed by atoms with Gasteiger partial charge >= 0.3 is 0 Å². The van der Waals surface area contributed by atoms with Gasteiger partial charge < -0.3 is 20.3 Å². The molecule has 13 heavy (non-hydrogen) atoms. The van der Waals surface area contributed by atoms with Gasteiger partial charge in [-0.15, -0.1) is 0 Å². The highest BCUT2D eigenvalue weighted by Gasteiger charge is 2.22. The van der Waals surface area contributed by atoms with Crippen molar-refractivity contribution in [3.63, 3.8) is 0 Å². The molecule has 4 nitrogen and oxygen atoms in total. The van der Waals surface area contributed by atoms with E-state index in [1.807, 2.05) is 0 Å². The van der Waals surface area contributed by atoms with E-state index in [4.69, 9.17) is 15.2 Å². The summed E-state index contributed by atoms with van der Waals surface area (Å²) in [5.41, 5.74) is 6.83. The first-order chi connectivity index (χ1) is 6.20. The number of ether oxygens (including phenoxy) is 2. The molecule has 0 saturated heterocycles. The van der Waals surface area contributed by atoms with Crippen LogP contribution in [0.5, 0.6) is 11.5 Å². The lowest BCUT2D eigenvalue weighted by Crippen LogP contribution is -2.00. The summed E-state index contributed by atoms with van der Waals surface area (Å²) in [4.78, 5) is 0. The number of benzene rings is 1. The van der Waals surface area contributed by atoms with Crippen molar-refractivity contribution in [3.05, 3.63) is 17.7 Å². The molecule has 4 heteroatoms. The maximum atomic E-state index is 9.45. The van der Waals surface area contributed by atoms with Gasteiger partial charge in [-0.3, -0.25) is 0 Å². The number of hydrogen-bond donors (Lipinski definition) is 2. The van der Waals surface area contributed by atoms with Gasteiger partial charge in [-0.2, -0.15) is 0 Å². The number of aliphatic hydroxyl groups excluding tert-OH is 1. The van der Waals surface area contributed by atoms with Crippen LogP contribution < -0.4 is 15.2 Å². The van der Waals surface area contributed by atoms with Crippen LogP contribution in [-0.4, -0.2) is 11.9 Å². The highest BCUT2D eigenvalue weighted by molar-refractivity contribution is 5.62. The molecule has 1 aliphatic heterocycles. The molecule has 1 aromatic carbocycles. The molecule has 0 spiro atoms. The number of fused-ring (bicyclic) bond motifs is 1. The first-order valence-electron chi connectivity index (χ1n) is 4.06. The van der Waals surface area contributed by atoms with Crippen molar-refractivity contribution in [2.75, 3.05) is 12.5 Å². The molecule has 1 atom stereocenters. The molecule has 0 bridgehead atoms. The van der Waals surface area contributed by atoms with Crippen LogP contribution in [0.25, 0.3) is 0 Å². The Hall–Kier alpha value is -1.42. The van der Waals surface area contributed by atoms with Gasteiger partial charge in [0.2, 0.25) is 6.79 Å². The molecule has 0 amide bonds.